The van der Waals surface area contributed by atoms with Crippen LogP contribution in [0.5, 0.6) is 0 Å². The van der Waals surface area contributed by atoms with Gasteiger partial charge in [0, 0.05) is 36.4 Å². The molecule has 0 radical (unpaired) electrons. The van der Waals surface area contributed by atoms with E-state index in [-0.39, 0.29) is 0 Å². The van der Waals surface area contributed by atoms with Gasteiger partial charge in [-0.3, -0.25) is 4.40 Å². The molecule has 7 heteroatoms. The van der Waals surface area contributed by atoms with Gasteiger partial charge in [0.2, 0.25) is 0 Å². The monoisotopic (exact) mass is 249 g/mol. The third kappa shape index (κ3) is 2.73. The first-order chi connectivity index (χ1) is 7.56. The van der Waals surface area contributed by atoms with Crippen LogP contribution in [0, 0.1) is 0 Å². The second kappa shape index (κ2) is 4.42. The average Bonchev–Trinajstić information content (AvgIpc) is 2.73. The molecule has 0 saturated carbocycles. The number of nitrogens with one attached hydrogen (secondary N) is 1. The fourth-order valence-electron chi connectivity index (χ4n) is 1.40. The normalized spacial score (nSPS) is 12.4. The van der Waals surface area contributed by atoms with E-state index in [1.807, 2.05) is 16.0 Å². The Morgan fingerprint density at radius 3 is 3.00 bits per heavy atom. The molecule has 0 atom stereocenters. The van der Waals surface area contributed by atoms with Gasteiger partial charge in [-0.2, -0.15) is 13.2 Å². The highest BCUT2D eigenvalue weighted by atomic mass is 32.1. The summed E-state index contributed by atoms with van der Waals surface area (Å²) < 4.78 is 37.4. The van der Waals surface area contributed by atoms with Gasteiger partial charge in [0.15, 0.2) is 4.96 Å². The summed E-state index contributed by atoms with van der Waals surface area (Å²) in [5.41, 5.74) is 0.979. The fourth-order valence-corrected chi connectivity index (χ4v) is 2.29. The van der Waals surface area contributed by atoms with Crippen molar-refractivity contribution in [2.24, 2.45) is 0 Å². The Kier molecular flexibility index (Phi) is 3.15. The minimum atomic E-state index is -4.14. The molecule has 0 amide bonds. The standard InChI is InChI=1S/C9H10F3N3S/c10-9(11,12)6-13-2-1-7-5-16-8-14-3-4-15(7)8/h3-5,13H,1-2,6H2. The van der Waals surface area contributed by atoms with E-state index in [9.17, 15) is 13.2 Å². The van der Waals surface area contributed by atoms with Crippen molar-refractivity contribution in [1.82, 2.24) is 14.7 Å². The molecule has 0 aliphatic carbocycles. The molecule has 2 rings (SSSR count). The number of alkyl halides is 3. The summed E-state index contributed by atoms with van der Waals surface area (Å²) in [7, 11) is 0. The Balaban J connectivity index is 1.85. The van der Waals surface area contributed by atoms with Gasteiger partial charge in [-0.15, -0.1) is 11.3 Å². The van der Waals surface area contributed by atoms with Crippen molar-refractivity contribution in [1.29, 1.82) is 0 Å². The summed E-state index contributed by atoms with van der Waals surface area (Å²) in [5, 5.41) is 4.28. The summed E-state index contributed by atoms with van der Waals surface area (Å²) in [6, 6.07) is 0. The van der Waals surface area contributed by atoms with E-state index in [0.29, 0.717) is 13.0 Å². The summed E-state index contributed by atoms with van der Waals surface area (Å²) >= 11 is 1.49. The molecule has 0 aliphatic rings. The third-order valence-corrected chi connectivity index (χ3v) is 3.00. The largest absolute Gasteiger partial charge is 0.401 e. The second-order valence-corrected chi connectivity index (χ2v) is 4.19. The Hall–Kier alpha value is -1.08. The molecule has 1 N–H and O–H groups in total. The van der Waals surface area contributed by atoms with Crippen molar-refractivity contribution in [3.8, 4) is 0 Å². The summed E-state index contributed by atoms with van der Waals surface area (Å²) in [6.45, 7) is -0.631. The number of imidazole rings is 1. The van der Waals surface area contributed by atoms with Gasteiger partial charge in [-0.1, -0.05) is 0 Å². The van der Waals surface area contributed by atoms with Crippen molar-refractivity contribution in [2.75, 3.05) is 13.1 Å². The maximum Gasteiger partial charge on any atom is 0.401 e. The Morgan fingerprint density at radius 2 is 2.25 bits per heavy atom. The molecular weight excluding hydrogens is 239 g/mol. The Labute approximate surface area is 93.9 Å². The quantitative estimate of drug-likeness (QED) is 0.841. The first kappa shape index (κ1) is 11.4. The first-order valence-corrected chi connectivity index (χ1v) is 5.61. The van der Waals surface area contributed by atoms with E-state index < -0.39 is 12.7 Å². The first-order valence-electron chi connectivity index (χ1n) is 4.73. The highest BCUT2D eigenvalue weighted by Gasteiger charge is 2.25. The van der Waals surface area contributed by atoms with Crippen molar-refractivity contribution in [2.45, 2.75) is 12.6 Å². The lowest BCUT2D eigenvalue weighted by Crippen LogP contribution is -2.30. The number of hydrogen-bond donors (Lipinski definition) is 1. The van der Waals surface area contributed by atoms with Crippen LogP contribution in [0.1, 0.15) is 5.69 Å². The lowest BCUT2D eigenvalue weighted by molar-refractivity contribution is -0.124. The summed E-state index contributed by atoms with van der Waals surface area (Å²) in [4.78, 5) is 4.95. The van der Waals surface area contributed by atoms with Crippen LogP contribution in [0.15, 0.2) is 17.8 Å². The molecule has 88 valence electrons. The molecule has 2 heterocycles. The molecule has 3 nitrogen and oxygen atoms in total. The van der Waals surface area contributed by atoms with Crippen molar-refractivity contribution in [3.05, 3.63) is 23.5 Å². The zero-order valence-corrected chi connectivity index (χ0v) is 9.11. The minimum Gasteiger partial charge on any atom is -0.308 e. The van der Waals surface area contributed by atoms with Gasteiger partial charge in [0.05, 0.1) is 6.54 Å². The topological polar surface area (TPSA) is 29.3 Å². The predicted molar refractivity (Wildman–Crippen MR) is 55.7 cm³/mol. The van der Waals surface area contributed by atoms with Crippen molar-refractivity contribution < 1.29 is 13.2 Å². The molecule has 0 aromatic carbocycles. The molecule has 2 aromatic rings. The number of fused-ring (bicyclic) bond motifs is 1. The van der Waals surface area contributed by atoms with Crippen LogP contribution in [0.4, 0.5) is 13.2 Å². The number of hydrogen-bond acceptors (Lipinski definition) is 3. The van der Waals surface area contributed by atoms with Crippen LogP contribution in [-0.2, 0) is 6.42 Å². The van der Waals surface area contributed by atoms with Crippen LogP contribution in [0.25, 0.3) is 4.96 Å². The van der Waals surface area contributed by atoms with Crippen molar-refractivity contribution in [3.63, 3.8) is 0 Å². The van der Waals surface area contributed by atoms with Gasteiger partial charge < -0.3 is 5.32 Å². The lowest BCUT2D eigenvalue weighted by Gasteiger charge is -2.07. The molecule has 0 fully saturated rings. The average molecular weight is 249 g/mol. The lowest BCUT2D eigenvalue weighted by atomic mass is 10.3. The fraction of sp³-hybridized carbons (Fsp3) is 0.444. The van der Waals surface area contributed by atoms with Crippen LogP contribution in [0.3, 0.4) is 0 Å². The number of halogens is 3. The maximum absolute atomic E-state index is 11.8. The van der Waals surface area contributed by atoms with Crippen molar-refractivity contribution >= 4 is 16.3 Å². The zero-order chi connectivity index (χ0) is 11.6. The highest BCUT2D eigenvalue weighted by molar-refractivity contribution is 7.15. The number of rotatable bonds is 4. The van der Waals surface area contributed by atoms with Gasteiger partial charge in [-0.05, 0) is 0 Å². The van der Waals surface area contributed by atoms with Crippen LogP contribution >= 0.6 is 11.3 Å². The van der Waals surface area contributed by atoms with E-state index in [1.54, 1.807) is 6.20 Å². The predicted octanol–water partition coefficient (Wildman–Crippen LogP) is 2.09. The smallest absolute Gasteiger partial charge is 0.308 e. The summed E-state index contributed by atoms with van der Waals surface area (Å²) in [5.74, 6) is 0. The van der Waals surface area contributed by atoms with E-state index in [4.69, 9.17) is 0 Å². The highest BCUT2D eigenvalue weighted by Crippen LogP contribution is 2.15. The molecule has 0 aliphatic heterocycles. The number of nitrogens with zero attached hydrogens (tertiary/aromatic N) is 2. The van der Waals surface area contributed by atoms with Gasteiger partial charge in [0.25, 0.3) is 0 Å². The van der Waals surface area contributed by atoms with E-state index >= 15 is 0 Å². The van der Waals surface area contributed by atoms with Crippen LogP contribution < -0.4 is 5.32 Å². The van der Waals surface area contributed by atoms with E-state index in [0.717, 1.165) is 10.7 Å². The number of aromatic nitrogens is 2. The number of thiazole rings is 1. The van der Waals surface area contributed by atoms with Gasteiger partial charge >= 0.3 is 6.18 Å². The zero-order valence-electron chi connectivity index (χ0n) is 8.29. The van der Waals surface area contributed by atoms with E-state index in [2.05, 4.69) is 10.3 Å². The third-order valence-electron chi connectivity index (χ3n) is 2.10. The Morgan fingerprint density at radius 1 is 1.44 bits per heavy atom. The second-order valence-electron chi connectivity index (χ2n) is 3.35. The summed E-state index contributed by atoms with van der Waals surface area (Å²) in [6.07, 6.45) is -0.0885. The minimum absolute atomic E-state index is 0.309. The molecule has 16 heavy (non-hydrogen) atoms. The van der Waals surface area contributed by atoms with Gasteiger partial charge in [0.1, 0.15) is 0 Å². The van der Waals surface area contributed by atoms with Crippen LogP contribution in [0.2, 0.25) is 0 Å². The SMILES string of the molecule is FC(F)(F)CNCCc1csc2nccn12. The molecule has 0 bridgehead atoms. The molecular formula is C9H10F3N3S. The molecule has 0 unspecified atom stereocenters. The molecule has 0 saturated heterocycles. The molecule has 2 aromatic heterocycles. The van der Waals surface area contributed by atoms with E-state index in [1.165, 1.54) is 11.3 Å². The Bertz CT molecular complexity index is 460. The van der Waals surface area contributed by atoms with Gasteiger partial charge in [-0.25, -0.2) is 4.98 Å². The van der Waals surface area contributed by atoms with Crippen LogP contribution in [-0.4, -0.2) is 28.7 Å². The maximum atomic E-state index is 11.8. The molecule has 0 spiro atoms.